The minimum Gasteiger partial charge on any atom is -0.396 e. The largest absolute Gasteiger partial charge is 0.396 e. The van der Waals surface area contributed by atoms with E-state index in [9.17, 15) is 0 Å². The van der Waals surface area contributed by atoms with Gasteiger partial charge < -0.3 is 5.11 Å². The molecule has 0 bridgehead atoms. The van der Waals surface area contributed by atoms with Crippen molar-refractivity contribution < 1.29 is 5.11 Å². The first kappa shape index (κ1) is 9.86. The van der Waals surface area contributed by atoms with Crippen LogP contribution >= 0.6 is 0 Å². The molecule has 2 aromatic rings. The summed E-state index contributed by atoms with van der Waals surface area (Å²) in [5, 5.41) is 17.0. The van der Waals surface area contributed by atoms with E-state index in [4.69, 9.17) is 5.11 Å². The lowest BCUT2D eigenvalue weighted by molar-refractivity contribution is 0.288. The number of para-hydroxylation sites is 1. The van der Waals surface area contributed by atoms with Gasteiger partial charge in [0.2, 0.25) is 0 Å². The zero-order valence-corrected chi connectivity index (χ0v) is 8.37. The first-order valence-corrected chi connectivity index (χ1v) is 4.97. The van der Waals surface area contributed by atoms with Crippen LogP contribution in [0.15, 0.2) is 36.7 Å². The summed E-state index contributed by atoms with van der Waals surface area (Å²) in [6.07, 6.45) is 4.91. The predicted octanol–water partition coefficient (Wildman–Crippen LogP) is 1.19. The quantitative estimate of drug-likeness (QED) is 0.812. The molecule has 15 heavy (non-hydrogen) atoms. The summed E-state index contributed by atoms with van der Waals surface area (Å²) in [4.78, 5) is 1.60. The number of nitrogens with zero attached hydrogens (tertiary/aromatic N) is 3. The fourth-order valence-electron chi connectivity index (χ4n) is 1.53. The van der Waals surface area contributed by atoms with Crippen molar-refractivity contribution in [3.05, 3.63) is 42.2 Å². The van der Waals surface area contributed by atoms with Crippen LogP contribution in [0, 0.1) is 0 Å². The molecule has 4 nitrogen and oxygen atoms in total. The Balaban J connectivity index is 2.30. The molecule has 1 heterocycles. The fraction of sp³-hybridized carbons (Fsp3) is 0.273. The summed E-state index contributed by atoms with van der Waals surface area (Å²) >= 11 is 0. The minimum absolute atomic E-state index is 0.209. The molecule has 1 N–H and O–H groups in total. The summed E-state index contributed by atoms with van der Waals surface area (Å²) in [6.45, 7) is 0.209. The van der Waals surface area contributed by atoms with E-state index in [2.05, 4.69) is 10.2 Å². The molecule has 0 aliphatic rings. The third-order valence-electron chi connectivity index (χ3n) is 2.23. The summed E-state index contributed by atoms with van der Waals surface area (Å²) in [7, 11) is 0. The van der Waals surface area contributed by atoms with Crippen LogP contribution < -0.4 is 0 Å². The van der Waals surface area contributed by atoms with Gasteiger partial charge in [0.25, 0.3) is 0 Å². The Kier molecular flexibility index (Phi) is 3.09. The molecule has 0 saturated carbocycles. The molecular weight excluding hydrogens is 190 g/mol. The average Bonchev–Trinajstić information content (AvgIpc) is 2.80. The second-order valence-corrected chi connectivity index (χ2v) is 3.27. The van der Waals surface area contributed by atoms with E-state index in [1.807, 2.05) is 24.3 Å². The minimum atomic E-state index is 0.209. The van der Waals surface area contributed by atoms with Crippen molar-refractivity contribution in [3.8, 4) is 5.69 Å². The Labute approximate surface area is 88.2 Å². The normalized spacial score (nSPS) is 10.5. The predicted molar refractivity (Wildman–Crippen MR) is 56.8 cm³/mol. The number of aromatic nitrogens is 3. The molecule has 1 aromatic heterocycles. The number of hydrogen-bond acceptors (Lipinski definition) is 3. The fourth-order valence-corrected chi connectivity index (χ4v) is 1.53. The van der Waals surface area contributed by atoms with Gasteiger partial charge in [-0.05, 0) is 24.5 Å². The topological polar surface area (TPSA) is 50.9 Å². The summed E-state index contributed by atoms with van der Waals surface area (Å²) in [6, 6.07) is 7.96. The van der Waals surface area contributed by atoms with E-state index in [1.165, 1.54) is 0 Å². The highest BCUT2D eigenvalue weighted by Crippen LogP contribution is 2.13. The average molecular weight is 203 g/mol. The monoisotopic (exact) mass is 203 g/mol. The van der Waals surface area contributed by atoms with E-state index in [0.29, 0.717) is 0 Å². The molecule has 0 atom stereocenters. The van der Waals surface area contributed by atoms with Crippen LogP contribution in [-0.4, -0.2) is 26.7 Å². The Morgan fingerprint density at radius 2 is 1.87 bits per heavy atom. The maximum Gasteiger partial charge on any atom is 0.0888 e. The summed E-state index contributed by atoms with van der Waals surface area (Å²) in [5.41, 5.74) is 2.14. The van der Waals surface area contributed by atoms with Crippen LogP contribution in [0.3, 0.4) is 0 Å². The van der Waals surface area contributed by atoms with E-state index in [-0.39, 0.29) is 6.61 Å². The SMILES string of the molecule is OCCCc1ccccc1-n1nccn1. The molecule has 78 valence electrons. The lowest BCUT2D eigenvalue weighted by atomic mass is 10.1. The van der Waals surface area contributed by atoms with Gasteiger partial charge in [-0.3, -0.25) is 0 Å². The van der Waals surface area contributed by atoms with Crippen molar-refractivity contribution in [1.29, 1.82) is 0 Å². The third kappa shape index (κ3) is 2.22. The van der Waals surface area contributed by atoms with Crippen LogP contribution in [0.5, 0.6) is 0 Å². The number of benzene rings is 1. The van der Waals surface area contributed by atoms with Gasteiger partial charge in [-0.1, -0.05) is 18.2 Å². The first-order chi connectivity index (χ1) is 7.42. The molecule has 0 fully saturated rings. The van der Waals surface area contributed by atoms with Gasteiger partial charge >= 0.3 is 0 Å². The number of hydrogen-bond donors (Lipinski definition) is 1. The Hall–Kier alpha value is -1.68. The molecule has 0 unspecified atom stereocenters. The molecule has 0 amide bonds. The Morgan fingerprint density at radius 3 is 2.60 bits per heavy atom. The number of aliphatic hydroxyl groups is 1. The second-order valence-electron chi connectivity index (χ2n) is 3.27. The Morgan fingerprint density at radius 1 is 1.13 bits per heavy atom. The third-order valence-corrected chi connectivity index (χ3v) is 2.23. The highest BCUT2D eigenvalue weighted by Gasteiger charge is 2.04. The van der Waals surface area contributed by atoms with Crippen LogP contribution in [-0.2, 0) is 6.42 Å². The van der Waals surface area contributed by atoms with Crippen molar-refractivity contribution in [1.82, 2.24) is 15.0 Å². The van der Waals surface area contributed by atoms with Gasteiger partial charge in [-0.25, -0.2) is 0 Å². The number of aliphatic hydroxyl groups excluding tert-OH is 1. The lowest BCUT2D eigenvalue weighted by Crippen LogP contribution is -2.03. The van der Waals surface area contributed by atoms with Gasteiger partial charge in [-0.15, -0.1) is 0 Å². The number of rotatable bonds is 4. The number of aryl methyl sites for hydroxylation is 1. The lowest BCUT2D eigenvalue weighted by Gasteiger charge is -2.06. The molecule has 0 saturated heterocycles. The Bertz CT molecular complexity index is 412. The summed E-state index contributed by atoms with van der Waals surface area (Å²) < 4.78 is 0. The van der Waals surface area contributed by atoms with E-state index in [1.54, 1.807) is 17.2 Å². The zero-order valence-electron chi connectivity index (χ0n) is 8.37. The second kappa shape index (κ2) is 4.70. The van der Waals surface area contributed by atoms with Crippen LogP contribution in [0.25, 0.3) is 5.69 Å². The highest BCUT2D eigenvalue weighted by molar-refractivity contribution is 5.39. The smallest absolute Gasteiger partial charge is 0.0888 e. The van der Waals surface area contributed by atoms with Gasteiger partial charge in [0.15, 0.2) is 0 Å². The van der Waals surface area contributed by atoms with Crippen LogP contribution in [0.1, 0.15) is 12.0 Å². The molecule has 0 aliphatic carbocycles. The maximum absolute atomic E-state index is 8.81. The van der Waals surface area contributed by atoms with Crippen LogP contribution in [0.4, 0.5) is 0 Å². The summed E-state index contributed by atoms with van der Waals surface area (Å²) in [5.74, 6) is 0. The molecule has 1 aromatic carbocycles. The van der Waals surface area contributed by atoms with Gasteiger partial charge in [0.05, 0.1) is 18.1 Å². The van der Waals surface area contributed by atoms with Crippen molar-refractivity contribution in [3.63, 3.8) is 0 Å². The van der Waals surface area contributed by atoms with E-state index >= 15 is 0 Å². The molecule has 0 aliphatic heterocycles. The zero-order chi connectivity index (χ0) is 10.5. The first-order valence-electron chi connectivity index (χ1n) is 4.97. The van der Waals surface area contributed by atoms with Gasteiger partial charge in [-0.2, -0.15) is 15.0 Å². The standard InChI is InChI=1S/C11H13N3O/c15-9-3-5-10-4-1-2-6-11(10)14-12-7-8-13-14/h1-2,4,6-8,15H,3,5,9H2. The maximum atomic E-state index is 8.81. The molecule has 0 radical (unpaired) electrons. The van der Waals surface area contributed by atoms with E-state index in [0.717, 1.165) is 24.1 Å². The van der Waals surface area contributed by atoms with Crippen LogP contribution in [0.2, 0.25) is 0 Å². The van der Waals surface area contributed by atoms with Crippen molar-refractivity contribution in [2.24, 2.45) is 0 Å². The van der Waals surface area contributed by atoms with E-state index < -0.39 is 0 Å². The highest BCUT2D eigenvalue weighted by atomic mass is 16.2. The van der Waals surface area contributed by atoms with Crippen molar-refractivity contribution in [2.75, 3.05) is 6.61 Å². The van der Waals surface area contributed by atoms with Crippen molar-refractivity contribution >= 4 is 0 Å². The molecule has 2 rings (SSSR count). The van der Waals surface area contributed by atoms with Gasteiger partial charge in [0.1, 0.15) is 0 Å². The molecule has 0 spiro atoms. The molecule has 4 heteroatoms. The van der Waals surface area contributed by atoms with Crippen molar-refractivity contribution in [2.45, 2.75) is 12.8 Å². The molecular formula is C11H13N3O. The van der Waals surface area contributed by atoms with Gasteiger partial charge in [0, 0.05) is 6.61 Å².